The van der Waals surface area contributed by atoms with Gasteiger partial charge in [-0.25, -0.2) is 0 Å². The molecule has 7 nitrogen and oxygen atoms in total. The molecule has 3 atom stereocenters. The van der Waals surface area contributed by atoms with Crippen LogP contribution in [0.3, 0.4) is 0 Å². The Morgan fingerprint density at radius 2 is 2.21 bits per heavy atom. The van der Waals surface area contributed by atoms with Gasteiger partial charge >= 0.3 is 5.97 Å². The number of hydrogen-bond donors (Lipinski definition) is 2. The number of hydrogen-bond acceptors (Lipinski definition) is 4. The Morgan fingerprint density at radius 1 is 1.47 bits per heavy atom. The average molecular weight is 270 g/mol. The van der Waals surface area contributed by atoms with Crippen molar-refractivity contribution in [1.29, 1.82) is 0 Å². The lowest BCUT2D eigenvalue weighted by Crippen LogP contribution is -2.52. The minimum atomic E-state index is -0.954. The number of carbonyl (C=O) groups excluding carboxylic acids is 2. The van der Waals surface area contributed by atoms with Gasteiger partial charge < -0.3 is 20.1 Å². The molecular weight excluding hydrogens is 252 g/mol. The van der Waals surface area contributed by atoms with Crippen molar-refractivity contribution in [3.8, 4) is 0 Å². The van der Waals surface area contributed by atoms with Crippen LogP contribution in [0.1, 0.15) is 19.8 Å². The van der Waals surface area contributed by atoms with E-state index in [0.29, 0.717) is 19.4 Å². The molecule has 0 bridgehead atoms. The highest BCUT2D eigenvalue weighted by atomic mass is 16.5. The molecule has 0 aromatic rings. The van der Waals surface area contributed by atoms with Gasteiger partial charge in [0.2, 0.25) is 11.8 Å². The summed E-state index contributed by atoms with van der Waals surface area (Å²) >= 11 is 0. The van der Waals surface area contributed by atoms with E-state index in [4.69, 9.17) is 9.84 Å². The molecular formula is C12H18N2O5. The molecule has 2 aliphatic rings. The molecule has 7 heteroatoms. The van der Waals surface area contributed by atoms with Gasteiger partial charge in [0.1, 0.15) is 12.0 Å². The third-order valence-electron chi connectivity index (χ3n) is 3.69. The van der Waals surface area contributed by atoms with E-state index in [1.165, 1.54) is 4.90 Å². The van der Waals surface area contributed by atoms with Crippen LogP contribution in [-0.2, 0) is 19.1 Å². The van der Waals surface area contributed by atoms with E-state index in [9.17, 15) is 14.4 Å². The fourth-order valence-electron chi connectivity index (χ4n) is 2.64. The lowest BCUT2D eigenvalue weighted by atomic mass is 10.0. The normalized spacial score (nSPS) is 30.2. The van der Waals surface area contributed by atoms with Crippen molar-refractivity contribution >= 4 is 17.8 Å². The SMILES string of the molecule is CCN(C(=O)C1CCC(=O)N1)C1COCC1C(=O)O. The molecule has 0 aromatic carbocycles. The maximum absolute atomic E-state index is 12.3. The Bertz CT molecular complexity index is 398. The van der Waals surface area contributed by atoms with E-state index < -0.39 is 24.0 Å². The number of rotatable bonds is 4. The number of likely N-dealkylation sites (N-methyl/N-ethyl adjacent to an activating group) is 1. The number of carboxylic acid groups (broad SMARTS) is 1. The van der Waals surface area contributed by atoms with Gasteiger partial charge in [0, 0.05) is 13.0 Å². The van der Waals surface area contributed by atoms with Crippen LogP contribution >= 0.6 is 0 Å². The predicted octanol–water partition coefficient (Wildman–Crippen LogP) is -0.787. The van der Waals surface area contributed by atoms with Crippen molar-refractivity contribution in [2.45, 2.75) is 31.8 Å². The molecule has 0 aliphatic carbocycles. The van der Waals surface area contributed by atoms with Crippen molar-refractivity contribution in [1.82, 2.24) is 10.2 Å². The molecule has 0 radical (unpaired) electrons. The second-order valence-electron chi connectivity index (χ2n) is 4.83. The number of amides is 2. The first kappa shape index (κ1) is 13.8. The summed E-state index contributed by atoms with van der Waals surface area (Å²) in [5, 5.41) is 11.7. The van der Waals surface area contributed by atoms with Gasteiger partial charge in [-0.15, -0.1) is 0 Å². The molecule has 2 heterocycles. The summed E-state index contributed by atoms with van der Waals surface area (Å²) in [5.74, 6) is -1.99. The minimum Gasteiger partial charge on any atom is -0.481 e. The minimum absolute atomic E-state index is 0.126. The summed E-state index contributed by atoms with van der Waals surface area (Å²) in [6.45, 7) is 2.56. The highest BCUT2D eigenvalue weighted by Crippen LogP contribution is 2.22. The third kappa shape index (κ3) is 2.70. The number of carboxylic acids is 1. The van der Waals surface area contributed by atoms with Crippen molar-refractivity contribution < 1.29 is 24.2 Å². The summed E-state index contributed by atoms with van der Waals surface area (Å²) in [5.41, 5.74) is 0. The summed E-state index contributed by atoms with van der Waals surface area (Å²) in [7, 11) is 0. The van der Waals surface area contributed by atoms with Gasteiger partial charge in [0.15, 0.2) is 0 Å². The third-order valence-corrected chi connectivity index (χ3v) is 3.69. The maximum Gasteiger partial charge on any atom is 0.311 e. The molecule has 2 amide bonds. The maximum atomic E-state index is 12.3. The number of nitrogens with one attached hydrogen (secondary N) is 1. The first-order valence-corrected chi connectivity index (χ1v) is 6.45. The standard InChI is InChI=1S/C12H18N2O5/c1-2-14(9-6-19-5-7(9)12(17)18)11(16)8-3-4-10(15)13-8/h7-9H,2-6H2,1H3,(H,13,15)(H,17,18). The number of aliphatic carboxylic acids is 1. The zero-order valence-electron chi connectivity index (χ0n) is 10.8. The lowest BCUT2D eigenvalue weighted by molar-refractivity contribution is -0.145. The van der Waals surface area contributed by atoms with E-state index >= 15 is 0 Å². The zero-order chi connectivity index (χ0) is 14.0. The molecule has 2 rings (SSSR count). The Hall–Kier alpha value is -1.63. The average Bonchev–Trinajstić information content (AvgIpc) is 2.98. The van der Waals surface area contributed by atoms with Crippen LogP contribution < -0.4 is 5.32 Å². The van der Waals surface area contributed by atoms with Gasteiger partial charge in [0.05, 0.1) is 19.3 Å². The van der Waals surface area contributed by atoms with Crippen LogP contribution in [0.15, 0.2) is 0 Å². The first-order valence-electron chi connectivity index (χ1n) is 6.45. The van der Waals surface area contributed by atoms with E-state index in [0.717, 1.165) is 0 Å². The van der Waals surface area contributed by atoms with Crippen LogP contribution in [0.5, 0.6) is 0 Å². The van der Waals surface area contributed by atoms with Crippen LogP contribution in [0.25, 0.3) is 0 Å². The Morgan fingerprint density at radius 3 is 2.74 bits per heavy atom. The topological polar surface area (TPSA) is 95.9 Å². The molecule has 3 unspecified atom stereocenters. The van der Waals surface area contributed by atoms with E-state index in [1.807, 2.05) is 0 Å². The van der Waals surface area contributed by atoms with Crippen molar-refractivity contribution in [3.05, 3.63) is 0 Å². The number of ether oxygens (including phenoxy) is 1. The quantitative estimate of drug-likeness (QED) is 0.698. The Labute approximate surface area is 110 Å². The van der Waals surface area contributed by atoms with E-state index in [-0.39, 0.29) is 25.0 Å². The van der Waals surface area contributed by atoms with Crippen LogP contribution in [0.2, 0.25) is 0 Å². The summed E-state index contributed by atoms with van der Waals surface area (Å²) in [6.07, 6.45) is 0.816. The largest absolute Gasteiger partial charge is 0.481 e. The van der Waals surface area contributed by atoms with E-state index in [2.05, 4.69) is 5.32 Å². The fourth-order valence-corrected chi connectivity index (χ4v) is 2.64. The Kier molecular flexibility index (Phi) is 4.04. The summed E-state index contributed by atoms with van der Waals surface area (Å²) < 4.78 is 5.19. The molecule has 2 saturated heterocycles. The molecule has 2 N–H and O–H groups in total. The molecule has 0 aromatic heterocycles. The van der Waals surface area contributed by atoms with Crippen molar-refractivity contribution in [2.75, 3.05) is 19.8 Å². The van der Waals surface area contributed by atoms with Crippen molar-refractivity contribution in [3.63, 3.8) is 0 Å². The van der Waals surface area contributed by atoms with Gasteiger partial charge in [-0.3, -0.25) is 14.4 Å². The van der Waals surface area contributed by atoms with Crippen LogP contribution in [0.4, 0.5) is 0 Å². The highest BCUT2D eigenvalue weighted by molar-refractivity contribution is 5.91. The molecule has 106 valence electrons. The highest BCUT2D eigenvalue weighted by Gasteiger charge is 2.42. The van der Waals surface area contributed by atoms with Crippen molar-refractivity contribution in [2.24, 2.45) is 5.92 Å². The lowest BCUT2D eigenvalue weighted by Gasteiger charge is -2.31. The molecule has 19 heavy (non-hydrogen) atoms. The fraction of sp³-hybridized carbons (Fsp3) is 0.750. The number of nitrogens with zero attached hydrogens (tertiary/aromatic N) is 1. The predicted molar refractivity (Wildman–Crippen MR) is 64.3 cm³/mol. The zero-order valence-corrected chi connectivity index (χ0v) is 10.8. The van der Waals surface area contributed by atoms with Crippen LogP contribution in [0, 0.1) is 5.92 Å². The molecule has 0 spiro atoms. The second kappa shape index (κ2) is 5.56. The number of carbonyl (C=O) groups is 3. The van der Waals surface area contributed by atoms with Crippen LogP contribution in [-0.4, -0.2) is 59.6 Å². The monoisotopic (exact) mass is 270 g/mol. The first-order chi connectivity index (χ1) is 9.04. The van der Waals surface area contributed by atoms with E-state index in [1.54, 1.807) is 6.92 Å². The summed E-state index contributed by atoms with van der Waals surface area (Å²) in [6, 6.07) is -0.977. The molecule has 2 fully saturated rings. The summed E-state index contributed by atoms with van der Waals surface area (Å²) in [4.78, 5) is 36.2. The smallest absolute Gasteiger partial charge is 0.311 e. The van der Waals surface area contributed by atoms with Gasteiger partial charge in [0.25, 0.3) is 0 Å². The van der Waals surface area contributed by atoms with Gasteiger partial charge in [-0.2, -0.15) is 0 Å². The molecule has 0 saturated carbocycles. The molecule has 2 aliphatic heterocycles. The van der Waals surface area contributed by atoms with Gasteiger partial charge in [-0.1, -0.05) is 0 Å². The second-order valence-corrected chi connectivity index (χ2v) is 4.83. The van der Waals surface area contributed by atoms with Gasteiger partial charge in [-0.05, 0) is 13.3 Å². The Balaban J connectivity index is 2.08.